The Morgan fingerprint density at radius 3 is 2.68 bits per heavy atom. The van der Waals surface area contributed by atoms with Crippen molar-refractivity contribution in [1.29, 1.82) is 0 Å². The number of aromatic nitrogens is 1. The summed E-state index contributed by atoms with van der Waals surface area (Å²) in [5.41, 5.74) is 7.31. The van der Waals surface area contributed by atoms with Gasteiger partial charge in [0.15, 0.2) is 0 Å². The minimum atomic E-state index is -0.401. The summed E-state index contributed by atoms with van der Waals surface area (Å²) in [6, 6.07) is 5.37. The summed E-state index contributed by atoms with van der Waals surface area (Å²) in [7, 11) is 0. The van der Waals surface area contributed by atoms with Crippen LogP contribution in [0, 0.1) is 10.1 Å². The number of pyridine rings is 1. The number of nitro groups is 1. The lowest BCUT2D eigenvalue weighted by Crippen LogP contribution is -2.23. The van der Waals surface area contributed by atoms with Crippen LogP contribution in [-0.2, 0) is 0 Å². The first-order valence-electron chi connectivity index (χ1n) is 5.90. The lowest BCUT2D eigenvalue weighted by atomic mass is 9.91. The van der Waals surface area contributed by atoms with E-state index >= 15 is 0 Å². The molecule has 0 aliphatic heterocycles. The van der Waals surface area contributed by atoms with Gasteiger partial charge < -0.3 is 5.73 Å². The van der Waals surface area contributed by atoms with Crippen molar-refractivity contribution in [1.82, 2.24) is 4.98 Å². The zero-order chi connectivity index (χ0) is 14.2. The number of nitrogens with two attached hydrogens (primary N) is 1. The second kappa shape index (κ2) is 5.22. The van der Waals surface area contributed by atoms with E-state index in [9.17, 15) is 10.1 Å². The maximum atomic E-state index is 11.2. The molecule has 0 amide bonds. The third-order valence-corrected chi connectivity index (χ3v) is 3.78. The van der Waals surface area contributed by atoms with Gasteiger partial charge in [0, 0.05) is 27.4 Å². The smallest absolute Gasteiger partial charge is 0.291 e. The van der Waals surface area contributed by atoms with Crippen LogP contribution in [0.3, 0.4) is 0 Å². The van der Waals surface area contributed by atoms with Crippen molar-refractivity contribution in [2.75, 3.05) is 0 Å². The van der Waals surface area contributed by atoms with E-state index in [0.29, 0.717) is 5.56 Å². The van der Waals surface area contributed by atoms with Crippen LogP contribution in [0.4, 0.5) is 5.69 Å². The SMILES string of the molecule is CC(N)C(C)c1c([N+](=O)[O-])cnc2ccc(Br)cc12. The van der Waals surface area contributed by atoms with Crippen LogP contribution in [0.1, 0.15) is 25.3 Å². The standard InChI is InChI=1S/C13H14BrN3O2/c1-7(8(2)15)13-10-5-9(14)3-4-11(10)16-6-12(13)17(18)19/h3-8H,15H2,1-2H3. The minimum Gasteiger partial charge on any atom is -0.327 e. The lowest BCUT2D eigenvalue weighted by Gasteiger charge is -2.18. The van der Waals surface area contributed by atoms with E-state index in [2.05, 4.69) is 20.9 Å². The monoisotopic (exact) mass is 323 g/mol. The molecule has 1 heterocycles. The number of hydrogen-bond acceptors (Lipinski definition) is 4. The average Bonchev–Trinajstić information content (AvgIpc) is 2.36. The summed E-state index contributed by atoms with van der Waals surface area (Å²) in [6.45, 7) is 3.74. The fourth-order valence-corrected chi connectivity index (χ4v) is 2.42. The Kier molecular flexibility index (Phi) is 3.82. The van der Waals surface area contributed by atoms with Crippen LogP contribution in [0.25, 0.3) is 10.9 Å². The Labute approximate surface area is 119 Å². The first kappa shape index (κ1) is 13.9. The maximum Gasteiger partial charge on any atom is 0.291 e. The van der Waals surface area contributed by atoms with E-state index in [-0.39, 0.29) is 17.6 Å². The van der Waals surface area contributed by atoms with E-state index in [0.717, 1.165) is 15.4 Å². The molecule has 0 saturated heterocycles. The molecule has 2 unspecified atom stereocenters. The van der Waals surface area contributed by atoms with Gasteiger partial charge in [0.2, 0.25) is 0 Å². The molecule has 2 atom stereocenters. The van der Waals surface area contributed by atoms with Crippen molar-refractivity contribution in [3.05, 3.63) is 44.5 Å². The zero-order valence-corrected chi connectivity index (χ0v) is 12.2. The second-order valence-corrected chi connectivity index (χ2v) is 5.54. The van der Waals surface area contributed by atoms with E-state index in [4.69, 9.17) is 5.73 Å². The first-order chi connectivity index (χ1) is 8.91. The molecule has 0 aliphatic carbocycles. The normalized spacial score (nSPS) is 14.3. The highest BCUT2D eigenvalue weighted by Gasteiger charge is 2.25. The van der Waals surface area contributed by atoms with Gasteiger partial charge in [-0.3, -0.25) is 10.1 Å². The van der Waals surface area contributed by atoms with Gasteiger partial charge in [-0.05, 0) is 25.1 Å². The van der Waals surface area contributed by atoms with E-state index in [1.54, 1.807) is 0 Å². The highest BCUT2D eigenvalue weighted by Crippen LogP contribution is 2.35. The predicted molar refractivity (Wildman–Crippen MR) is 78.2 cm³/mol. The Morgan fingerprint density at radius 2 is 2.11 bits per heavy atom. The topological polar surface area (TPSA) is 82.0 Å². The Hall–Kier alpha value is -1.53. The molecule has 0 spiro atoms. The van der Waals surface area contributed by atoms with Crippen molar-refractivity contribution < 1.29 is 4.92 Å². The summed E-state index contributed by atoms with van der Waals surface area (Å²) in [4.78, 5) is 14.9. The van der Waals surface area contributed by atoms with Crippen LogP contribution in [0.2, 0.25) is 0 Å². The molecule has 1 aromatic carbocycles. The van der Waals surface area contributed by atoms with Crippen molar-refractivity contribution in [2.24, 2.45) is 5.73 Å². The van der Waals surface area contributed by atoms with Gasteiger partial charge in [-0.1, -0.05) is 22.9 Å². The van der Waals surface area contributed by atoms with Crippen LogP contribution >= 0.6 is 15.9 Å². The number of halogens is 1. The lowest BCUT2D eigenvalue weighted by molar-refractivity contribution is -0.385. The van der Waals surface area contributed by atoms with Gasteiger partial charge in [-0.2, -0.15) is 0 Å². The van der Waals surface area contributed by atoms with Crippen molar-refractivity contribution in [3.8, 4) is 0 Å². The molecular weight excluding hydrogens is 310 g/mol. The molecule has 0 fully saturated rings. The molecule has 6 heteroatoms. The maximum absolute atomic E-state index is 11.2. The minimum absolute atomic E-state index is 0.0235. The number of nitrogens with zero attached hydrogens (tertiary/aromatic N) is 2. The predicted octanol–water partition coefficient (Wildman–Crippen LogP) is 3.36. The molecule has 0 radical (unpaired) electrons. The molecule has 2 rings (SSSR count). The number of rotatable bonds is 3. The van der Waals surface area contributed by atoms with Gasteiger partial charge in [-0.15, -0.1) is 0 Å². The van der Waals surface area contributed by atoms with E-state index < -0.39 is 4.92 Å². The quantitative estimate of drug-likeness (QED) is 0.693. The van der Waals surface area contributed by atoms with Crippen LogP contribution in [-0.4, -0.2) is 15.9 Å². The van der Waals surface area contributed by atoms with Crippen LogP contribution in [0.15, 0.2) is 28.9 Å². The highest BCUT2D eigenvalue weighted by molar-refractivity contribution is 9.10. The fraction of sp³-hybridized carbons (Fsp3) is 0.308. The highest BCUT2D eigenvalue weighted by atomic mass is 79.9. The molecule has 1 aromatic heterocycles. The molecule has 0 saturated carbocycles. The van der Waals surface area contributed by atoms with Gasteiger partial charge in [0.05, 0.1) is 10.4 Å². The molecule has 0 bridgehead atoms. The number of fused-ring (bicyclic) bond motifs is 1. The Morgan fingerprint density at radius 1 is 1.42 bits per heavy atom. The fourth-order valence-electron chi connectivity index (χ4n) is 2.06. The summed E-state index contributed by atoms with van der Waals surface area (Å²) in [5, 5.41) is 12.0. The summed E-state index contributed by atoms with van der Waals surface area (Å²) in [5.74, 6) is -0.125. The summed E-state index contributed by atoms with van der Waals surface area (Å²) < 4.78 is 0.862. The summed E-state index contributed by atoms with van der Waals surface area (Å²) >= 11 is 3.39. The van der Waals surface area contributed by atoms with Crippen molar-refractivity contribution >= 4 is 32.5 Å². The Balaban J connectivity index is 2.82. The third kappa shape index (κ3) is 2.59. The van der Waals surface area contributed by atoms with E-state index in [1.807, 2.05) is 32.0 Å². The van der Waals surface area contributed by atoms with Crippen LogP contribution in [0.5, 0.6) is 0 Å². The van der Waals surface area contributed by atoms with Gasteiger partial charge in [-0.25, -0.2) is 4.98 Å². The second-order valence-electron chi connectivity index (χ2n) is 4.62. The molecule has 2 N–H and O–H groups in total. The van der Waals surface area contributed by atoms with E-state index in [1.165, 1.54) is 6.20 Å². The Bertz CT molecular complexity index is 643. The average molecular weight is 324 g/mol. The third-order valence-electron chi connectivity index (χ3n) is 3.29. The molecule has 100 valence electrons. The van der Waals surface area contributed by atoms with Gasteiger partial charge in [0.25, 0.3) is 5.69 Å². The van der Waals surface area contributed by atoms with Gasteiger partial charge >= 0.3 is 0 Å². The number of hydrogen-bond donors (Lipinski definition) is 1. The van der Waals surface area contributed by atoms with Crippen molar-refractivity contribution in [3.63, 3.8) is 0 Å². The van der Waals surface area contributed by atoms with Crippen molar-refractivity contribution in [2.45, 2.75) is 25.8 Å². The zero-order valence-electron chi connectivity index (χ0n) is 10.6. The van der Waals surface area contributed by atoms with Gasteiger partial charge in [0.1, 0.15) is 6.20 Å². The summed E-state index contributed by atoms with van der Waals surface area (Å²) in [6.07, 6.45) is 1.31. The molecule has 19 heavy (non-hydrogen) atoms. The molecule has 5 nitrogen and oxygen atoms in total. The molecule has 2 aromatic rings. The first-order valence-corrected chi connectivity index (χ1v) is 6.69. The number of benzene rings is 1. The van der Waals surface area contributed by atoms with Crippen LogP contribution < -0.4 is 5.73 Å². The molecular formula is C13H14BrN3O2. The molecule has 0 aliphatic rings. The largest absolute Gasteiger partial charge is 0.327 e.